The molecule has 3 heteroatoms. The van der Waals surface area contributed by atoms with Crippen molar-refractivity contribution < 1.29 is 14.3 Å². The molecule has 0 aromatic carbocycles. The van der Waals surface area contributed by atoms with Crippen LogP contribution in [0.4, 0.5) is 0 Å². The monoisotopic (exact) mass is 210 g/mol. The van der Waals surface area contributed by atoms with E-state index in [0.717, 1.165) is 11.1 Å². The first-order chi connectivity index (χ1) is 6.68. The van der Waals surface area contributed by atoms with Crippen molar-refractivity contribution in [3.63, 3.8) is 0 Å². The Morgan fingerprint density at radius 1 is 1.07 bits per heavy atom. The largest absolute Gasteiger partial charge is 0.454 e. The number of hydrogen-bond acceptors (Lipinski definition) is 3. The SMILES string of the molecule is CC(=O)OC1(C)C(C)=C(C)C1(C)C(C)=O. The maximum absolute atomic E-state index is 11.7. The first-order valence-electron chi connectivity index (χ1n) is 5.07. The molecule has 0 aromatic heterocycles. The number of ketones is 1. The van der Waals surface area contributed by atoms with Crippen molar-refractivity contribution in [2.45, 2.75) is 47.1 Å². The van der Waals surface area contributed by atoms with Crippen LogP contribution in [-0.4, -0.2) is 17.4 Å². The van der Waals surface area contributed by atoms with E-state index in [9.17, 15) is 9.59 Å². The van der Waals surface area contributed by atoms with E-state index in [1.807, 2.05) is 20.8 Å². The lowest BCUT2D eigenvalue weighted by molar-refractivity contribution is -0.169. The third-order valence-corrected chi connectivity index (χ3v) is 4.03. The molecule has 0 aliphatic heterocycles. The Balaban J connectivity index is 3.22. The summed E-state index contributed by atoms with van der Waals surface area (Å²) in [5.41, 5.74) is 0.562. The summed E-state index contributed by atoms with van der Waals surface area (Å²) < 4.78 is 5.32. The summed E-state index contributed by atoms with van der Waals surface area (Å²) in [6.45, 7) is 10.4. The van der Waals surface area contributed by atoms with Crippen molar-refractivity contribution in [1.29, 1.82) is 0 Å². The maximum Gasteiger partial charge on any atom is 0.303 e. The molecule has 1 aliphatic carbocycles. The van der Waals surface area contributed by atoms with Gasteiger partial charge in [0.05, 0.1) is 5.41 Å². The predicted molar refractivity (Wildman–Crippen MR) is 57.3 cm³/mol. The van der Waals surface area contributed by atoms with Crippen molar-refractivity contribution in [3.05, 3.63) is 11.1 Å². The quantitative estimate of drug-likeness (QED) is 0.518. The highest BCUT2D eigenvalue weighted by molar-refractivity contribution is 5.91. The fourth-order valence-corrected chi connectivity index (χ4v) is 2.47. The third kappa shape index (κ3) is 1.25. The minimum atomic E-state index is -0.769. The maximum atomic E-state index is 11.7. The van der Waals surface area contributed by atoms with Crippen LogP contribution in [0.1, 0.15) is 41.5 Å². The topological polar surface area (TPSA) is 43.4 Å². The highest BCUT2D eigenvalue weighted by Gasteiger charge is 2.61. The van der Waals surface area contributed by atoms with Crippen LogP contribution in [0, 0.1) is 5.41 Å². The summed E-state index contributed by atoms with van der Waals surface area (Å²) in [5, 5.41) is 0. The molecule has 0 heterocycles. The first-order valence-corrected chi connectivity index (χ1v) is 5.07. The Labute approximate surface area is 90.5 Å². The first kappa shape index (κ1) is 12.0. The normalized spacial score (nSPS) is 34.8. The molecule has 0 saturated heterocycles. The third-order valence-electron chi connectivity index (χ3n) is 4.03. The highest BCUT2D eigenvalue weighted by atomic mass is 16.6. The minimum Gasteiger partial charge on any atom is -0.454 e. The second kappa shape index (κ2) is 3.19. The van der Waals surface area contributed by atoms with Crippen molar-refractivity contribution >= 4 is 11.8 Å². The average molecular weight is 210 g/mol. The lowest BCUT2D eigenvalue weighted by Crippen LogP contribution is -2.60. The molecule has 0 radical (unpaired) electrons. The van der Waals surface area contributed by atoms with Crippen LogP contribution < -0.4 is 0 Å². The van der Waals surface area contributed by atoms with Gasteiger partial charge >= 0.3 is 5.97 Å². The van der Waals surface area contributed by atoms with Gasteiger partial charge in [0.15, 0.2) is 0 Å². The molecule has 0 spiro atoms. The van der Waals surface area contributed by atoms with Crippen molar-refractivity contribution in [2.75, 3.05) is 0 Å². The highest BCUT2D eigenvalue weighted by Crippen LogP contribution is 2.56. The van der Waals surface area contributed by atoms with Gasteiger partial charge in [0.25, 0.3) is 0 Å². The lowest BCUT2D eigenvalue weighted by atomic mass is 9.53. The van der Waals surface area contributed by atoms with Crippen molar-refractivity contribution in [3.8, 4) is 0 Å². The molecule has 0 bridgehead atoms. The molecule has 1 aliphatic rings. The molecule has 0 amide bonds. The van der Waals surface area contributed by atoms with E-state index in [0.29, 0.717) is 0 Å². The molecule has 0 aromatic rings. The van der Waals surface area contributed by atoms with Crippen molar-refractivity contribution in [1.82, 2.24) is 0 Å². The number of Topliss-reactive ketones (excluding diaryl/α,β-unsaturated/α-hetero) is 1. The Kier molecular flexibility index (Phi) is 2.54. The summed E-state index contributed by atoms with van der Waals surface area (Å²) in [5.74, 6) is -0.314. The molecule has 3 nitrogen and oxygen atoms in total. The van der Waals surface area contributed by atoms with Gasteiger partial charge in [-0.05, 0) is 40.2 Å². The molecule has 0 saturated carbocycles. The van der Waals surface area contributed by atoms with Crippen molar-refractivity contribution in [2.24, 2.45) is 5.41 Å². The van der Waals surface area contributed by atoms with E-state index in [-0.39, 0.29) is 11.8 Å². The van der Waals surface area contributed by atoms with E-state index in [1.54, 1.807) is 6.92 Å². The summed E-state index contributed by atoms with van der Waals surface area (Å²) >= 11 is 0. The molecule has 1 rings (SSSR count). The van der Waals surface area contributed by atoms with Gasteiger partial charge in [-0.2, -0.15) is 0 Å². The van der Waals surface area contributed by atoms with E-state index in [4.69, 9.17) is 4.74 Å². The molecule has 2 atom stereocenters. The Bertz CT molecular complexity index is 367. The summed E-state index contributed by atoms with van der Waals surface area (Å²) in [6.07, 6.45) is 0. The Morgan fingerprint density at radius 3 is 1.87 bits per heavy atom. The van der Waals surface area contributed by atoms with Gasteiger partial charge in [-0.3, -0.25) is 9.59 Å². The fourth-order valence-electron chi connectivity index (χ4n) is 2.47. The standard InChI is InChI=1S/C12H18O3/c1-7-8(2)12(6,15-10(4)14)11(7,5)9(3)13/h1-6H3. The minimum absolute atomic E-state index is 0.0364. The molecule has 84 valence electrons. The molecule has 0 fully saturated rings. The Hall–Kier alpha value is -1.12. The second-order valence-electron chi connectivity index (χ2n) is 4.56. The zero-order chi connectivity index (χ0) is 12.0. The number of rotatable bonds is 2. The van der Waals surface area contributed by atoms with Gasteiger partial charge in [0.2, 0.25) is 0 Å². The van der Waals surface area contributed by atoms with Crippen LogP contribution >= 0.6 is 0 Å². The Morgan fingerprint density at radius 2 is 1.53 bits per heavy atom. The number of carbonyl (C=O) groups excluding carboxylic acids is 2. The van der Waals surface area contributed by atoms with Crippen LogP contribution in [-0.2, 0) is 14.3 Å². The number of esters is 1. The lowest BCUT2D eigenvalue weighted by Gasteiger charge is -2.54. The second-order valence-corrected chi connectivity index (χ2v) is 4.56. The van der Waals surface area contributed by atoms with Gasteiger partial charge in [-0.1, -0.05) is 5.57 Å². The number of hydrogen-bond donors (Lipinski definition) is 0. The fraction of sp³-hybridized carbons (Fsp3) is 0.667. The average Bonchev–Trinajstić information content (AvgIpc) is 2.12. The van der Waals surface area contributed by atoms with Crippen LogP contribution in [0.2, 0.25) is 0 Å². The van der Waals surface area contributed by atoms with E-state index in [2.05, 4.69) is 0 Å². The zero-order valence-electron chi connectivity index (χ0n) is 10.2. The smallest absolute Gasteiger partial charge is 0.303 e. The van der Waals surface area contributed by atoms with E-state index >= 15 is 0 Å². The summed E-state index contributed by atoms with van der Waals surface area (Å²) in [6, 6.07) is 0. The predicted octanol–water partition coefficient (Wildman–Crippen LogP) is 2.25. The number of carbonyl (C=O) groups is 2. The van der Waals surface area contributed by atoms with Crippen LogP contribution in [0.15, 0.2) is 11.1 Å². The molecular formula is C12H18O3. The van der Waals surface area contributed by atoms with E-state index in [1.165, 1.54) is 13.8 Å². The molecule has 2 unspecified atom stereocenters. The molecular weight excluding hydrogens is 192 g/mol. The summed E-state index contributed by atoms with van der Waals surface area (Å²) in [4.78, 5) is 22.7. The molecule has 15 heavy (non-hydrogen) atoms. The zero-order valence-corrected chi connectivity index (χ0v) is 10.2. The van der Waals surface area contributed by atoms with Crippen LogP contribution in [0.3, 0.4) is 0 Å². The van der Waals surface area contributed by atoms with Gasteiger partial charge in [-0.15, -0.1) is 0 Å². The van der Waals surface area contributed by atoms with Crippen LogP contribution in [0.25, 0.3) is 0 Å². The summed E-state index contributed by atoms with van der Waals surface area (Å²) in [7, 11) is 0. The van der Waals surface area contributed by atoms with Gasteiger partial charge < -0.3 is 4.74 Å². The number of ether oxygens (including phenoxy) is 1. The van der Waals surface area contributed by atoms with E-state index < -0.39 is 11.0 Å². The van der Waals surface area contributed by atoms with Gasteiger partial charge in [-0.25, -0.2) is 0 Å². The molecule has 0 N–H and O–H groups in total. The van der Waals surface area contributed by atoms with Gasteiger partial charge in [0, 0.05) is 6.92 Å². The van der Waals surface area contributed by atoms with Crippen LogP contribution in [0.5, 0.6) is 0 Å². The van der Waals surface area contributed by atoms with Gasteiger partial charge in [0.1, 0.15) is 11.4 Å².